The summed E-state index contributed by atoms with van der Waals surface area (Å²) in [6.45, 7) is 1.59. The first-order valence-corrected chi connectivity index (χ1v) is 6.68. The third kappa shape index (κ3) is 3.28. The van der Waals surface area contributed by atoms with E-state index in [9.17, 15) is 4.79 Å². The van der Waals surface area contributed by atoms with Crippen LogP contribution in [-0.2, 0) is 4.79 Å². The van der Waals surface area contributed by atoms with Crippen LogP contribution in [0.3, 0.4) is 0 Å². The summed E-state index contributed by atoms with van der Waals surface area (Å²) in [5.74, 6) is -1.08. The minimum Gasteiger partial charge on any atom is -0.478 e. The molecule has 0 spiro atoms. The molecule has 0 aliphatic rings. The molecule has 0 aliphatic heterocycles. The molecule has 0 bridgehead atoms. The smallest absolute Gasteiger partial charge is 0.330 e. The van der Waals surface area contributed by atoms with Crippen LogP contribution in [0.2, 0.25) is 5.02 Å². The molecule has 102 valence electrons. The summed E-state index contributed by atoms with van der Waals surface area (Å²) >= 11 is 6.26. The third-order valence-electron chi connectivity index (χ3n) is 3.15. The lowest BCUT2D eigenvalue weighted by atomic mass is 9.89. The van der Waals surface area contributed by atoms with Crippen molar-refractivity contribution in [2.75, 3.05) is 0 Å². The zero-order chi connectivity index (χ0) is 14.5. The molecule has 0 saturated heterocycles. The molecular formula is C17H15ClO2. The van der Waals surface area contributed by atoms with E-state index in [4.69, 9.17) is 16.7 Å². The van der Waals surface area contributed by atoms with E-state index in [1.54, 1.807) is 13.0 Å². The van der Waals surface area contributed by atoms with Crippen LogP contribution in [-0.4, -0.2) is 11.1 Å². The van der Waals surface area contributed by atoms with Crippen LogP contribution in [0.5, 0.6) is 0 Å². The number of allylic oxidation sites excluding steroid dienone is 1. The lowest BCUT2D eigenvalue weighted by Gasteiger charge is -2.16. The molecule has 0 radical (unpaired) electrons. The highest BCUT2D eigenvalue weighted by Crippen LogP contribution is 2.32. The van der Waals surface area contributed by atoms with Crippen LogP contribution in [0.15, 0.2) is 66.2 Å². The fraction of sp³-hybridized carbons (Fsp3) is 0.118. The van der Waals surface area contributed by atoms with Crippen molar-refractivity contribution in [1.29, 1.82) is 0 Å². The Morgan fingerprint density at radius 2 is 1.70 bits per heavy atom. The molecule has 1 unspecified atom stereocenters. The largest absolute Gasteiger partial charge is 0.478 e. The second-order valence-electron chi connectivity index (χ2n) is 4.56. The maximum Gasteiger partial charge on any atom is 0.330 e. The SMILES string of the molecule is CC(=CC(c1ccccc1)c1ccccc1Cl)C(=O)O. The van der Waals surface area contributed by atoms with Crippen LogP contribution in [0.4, 0.5) is 0 Å². The van der Waals surface area contributed by atoms with Gasteiger partial charge in [0, 0.05) is 16.5 Å². The summed E-state index contributed by atoms with van der Waals surface area (Å²) in [7, 11) is 0. The Balaban J connectivity index is 2.54. The number of benzene rings is 2. The zero-order valence-corrected chi connectivity index (χ0v) is 11.8. The Morgan fingerprint density at radius 1 is 1.10 bits per heavy atom. The van der Waals surface area contributed by atoms with Crippen molar-refractivity contribution in [2.24, 2.45) is 0 Å². The molecule has 0 saturated carbocycles. The molecule has 1 N–H and O–H groups in total. The van der Waals surface area contributed by atoms with Gasteiger partial charge >= 0.3 is 5.97 Å². The molecule has 0 heterocycles. The molecule has 0 aliphatic carbocycles. The zero-order valence-electron chi connectivity index (χ0n) is 11.1. The molecule has 20 heavy (non-hydrogen) atoms. The van der Waals surface area contributed by atoms with E-state index in [0.717, 1.165) is 11.1 Å². The summed E-state index contributed by atoms with van der Waals surface area (Å²) in [6, 6.07) is 17.2. The van der Waals surface area contributed by atoms with Gasteiger partial charge in [0.1, 0.15) is 0 Å². The number of halogens is 1. The number of carbonyl (C=O) groups is 1. The second kappa shape index (κ2) is 6.40. The normalized spacial score (nSPS) is 13.0. The average molecular weight is 287 g/mol. The molecule has 0 fully saturated rings. The van der Waals surface area contributed by atoms with E-state index in [2.05, 4.69) is 0 Å². The quantitative estimate of drug-likeness (QED) is 0.840. The molecule has 1 atom stereocenters. The summed E-state index contributed by atoms with van der Waals surface area (Å²) in [5.41, 5.74) is 2.22. The fourth-order valence-corrected chi connectivity index (χ4v) is 2.33. The predicted molar refractivity (Wildman–Crippen MR) is 81.1 cm³/mol. The van der Waals surface area contributed by atoms with Crippen molar-refractivity contribution in [3.63, 3.8) is 0 Å². The lowest BCUT2D eigenvalue weighted by Crippen LogP contribution is -2.03. The number of carboxylic acids is 1. The monoisotopic (exact) mass is 286 g/mol. The molecule has 0 aromatic heterocycles. The van der Waals surface area contributed by atoms with E-state index in [1.807, 2.05) is 54.6 Å². The van der Waals surface area contributed by atoms with Gasteiger partial charge in [-0.15, -0.1) is 0 Å². The Hall–Kier alpha value is -2.06. The fourth-order valence-electron chi connectivity index (χ4n) is 2.07. The van der Waals surface area contributed by atoms with Gasteiger partial charge in [0.2, 0.25) is 0 Å². The van der Waals surface area contributed by atoms with Crippen molar-refractivity contribution in [1.82, 2.24) is 0 Å². The van der Waals surface area contributed by atoms with Crippen LogP contribution in [0.25, 0.3) is 0 Å². The van der Waals surface area contributed by atoms with E-state index in [0.29, 0.717) is 10.6 Å². The van der Waals surface area contributed by atoms with Crippen molar-refractivity contribution in [3.8, 4) is 0 Å². The van der Waals surface area contributed by atoms with Gasteiger partial charge < -0.3 is 5.11 Å². The van der Waals surface area contributed by atoms with Gasteiger partial charge in [-0.1, -0.05) is 66.2 Å². The van der Waals surface area contributed by atoms with Crippen LogP contribution in [0.1, 0.15) is 24.0 Å². The van der Waals surface area contributed by atoms with Gasteiger partial charge in [0.15, 0.2) is 0 Å². The highest BCUT2D eigenvalue weighted by Gasteiger charge is 2.16. The molecular weight excluding hydrogens is 272 g/mol. The lowest BCUT2D eigenvalue weighted by molar-refractivity contribution is -0.132. The molecule has 2 rings (SSSR count). The van der Waals surface area contributed by atoms with E-state index in [1.165, 1.54) is 0 Å². The van der Waals surface area contributed by atoms with Crippen LogP contribution in [0, 0.1) is 0 Å². The minimum atomic E-state index is -0.919. The predicted octanol–water partition coefficient (Wildman–Crippen LogP) is 4.50. The van der Waals surface area contributed by atoms with Gasteiger partial charge in [-0.25, -0.2) is 4.79 Å². The van der Waals surface area contributed by atoms with Crippen molar-refractivity contribution < 1.29 is 9.90 Å². The highest BCUT2D eigenvalue weighted by atomic mass is 35.5. The maximum atomic E-state index is 11.1. The summed E-state index contributed by atoms with van der Waals surface area (Å²) in [4.78, 5) is 11.1. The molecule has 0 amide bonds. The molecule has 3 heteroatoms. The first kappa shape index (κ1) is 14.4. The van der Waals surface area contributed by atoms with Gasteiger partial charge in [-0.3, -0.25) is 0 Å². The van der Waals surface area contributed by atoms with Crippen LogP contribution < -0.4 is 0 Å². The molecule has 2 nitrogen and oxygen atoms in total. The van der Waals surface area contributed by atoms with Gasteiger partial charge in [-0.2, -0.15) is 0 Å². The number of carboxylic acid groups (broad SMARTS) is 1. The van der Waals surface area contributed by atoms with Crippen molar-refractivity contribution >= 4 is 17.6 Å². The van der Waals surface area contributed by atoms with Gasteiger partial charge in [-0.05, 0) is 24.1 Å². The summed E-state index contributed by atoms with van der Waals surface area (Å²) in [5, 5.41) is 9.73. The minimum absolute atomic E-state index is 0.166. The highest BCUT2D eigenvalue weighted by molar-refractivity contribution is 6.31. The summed E-state index contributed by atoms with van der Waals surface area (Å²) < 4.78 is 0. The molecule has 2 aromatic rings. The number of aliphatic carboxylic acids is 1. The number of rotatable bonds is 4. The topological polar surface area (TPSA) is 37.3 Å². The molecule has 2 aromatic carbocycles. The average Bonchev–Trinajstić information content (AvgIpc) is 2.46. The van der Waals surface area contributed by atoms with E-state index in [-0.39, 0.29) is 5.92 Å². The van der Waals surface area contributed by atoms with Crippen LogP contribution >= 0.6 is 11.6 Å². The standard InChI is InChI=1S/C17H15ClO2/c1-12(17(19)20)11-15(13-7-3-2-4-8-13)14-9-5-6-10-16(14)18/h2-11,15H,1H3,(H,19,20). The second-order valence-corrected chi connectivity index (χ2v) is 4.97. The van der Waals surface area contributed by atoms with Gasteiger partial charge in [0.25, 0.3) is 0 Å². The Labute approximate surface area is 123 Å². The van der Waals surface area contributed by atoms with E-state index < -0.39 is 5.97 Å². The Bertz CT molecular complexity index is 632. The summed E-state index contributed by atoms with van der Waals surface area (Å²) in [6.07, 6.45) is 1.74. The first-order chi connectivity index (χ1) is 9.59. The van der Waals surface area contributed by atoms with Crippen molar-refractivity contribution in [3.05, 3.63) is 82.4 Å². The number of hydrogen-bond acceptors (Lipinski definition) is 1. The first-order valence-electron chi connectivity index (χ1n) is 6.30. The third-order valence-corrected chi connectivity index (χ3v) is 3.50. The van der Waals surface area contributed by atoms with Crippen molar-refractivity contribution in [2.45, 2.75) is 12.8 Å². The van der Waals surface area contributed by atoms with E-state index >= 15 is 0 Å². The Kier molecular flexibility index (Phi) is 4.59. The van der Waals surface area contributed by atoms with Gasteiger partial charge in [0.05, 0.1) is 0 Å². The maximum absolute atomic E-state index is 11.1. The Morgan fingerprint density at radius 3 is 2.30 bits per heavy atom. The number of hydrogen-bond donors (Lipinski definition) is 1.